The van der Waals surface area contributed by atoms with Gasteiger partial charge >= 0.3 is 0 Å². The van der Waals surface area contributed by atoms with Gasteiger partial charge in [0.05, 0.1) is 19.9 Å². The van der Waals surface area contributed by atoms with Crippen LogP contribution in [0.1, 0.15) is 11.1 Å². The van der Waals surface area contributed by atoms with Crippen LogP contribution in [-0.2, 0) is 0 Å². The van der Waals surface area contributed by atoms with Gasteiger partial charge in [0.2, 0.25) is 0 Å². The summed E-state index contributed by atoms with van der Waals surface area (Å²) >= 11 is 1.71. The zero-order valence-corrected chi connectivity index (χ0v) is 13.3. The number of methoxy groups -OCH3 is 2. The predicted octanol–water partition coefficient (Wildman–Crippen LogP) is 4.67. The largest absolute Gasteiger partial charge is 0.496 e. The molecule has 2 N–H and O–H groups in total. The van der Waals surface area contributed by atoms with Gasteiger partial charge in [-0.25, -0.2) is 0 Å². The van der Waals surface area contributed by atoms with Crippen molar-refractivity contribution in [3.8, 4) is 11.5 Å². The lowest BCUT2D eigenvalue weighted by molar-refractivity contribution is 0.417. The Hall–Kier alpha value is -2.46. The first-order chi connectivity index (χ1) is 10.7. The second-order valence-electron chi connectivity index (χ2n) is 4.89. The predicted molar refractivity (Wildman–Crippen MR) is 94.7 cm³/mol. The van der Waals surface area contributed by atoms with Crippen LogP contribution in [0.4, 0.5) is 5.69 Å². The van der Waals surface area contributed by atoms with Crippen molar-refractivity contribution >= 4 is 39.3 Å². The normalized spacial score (nSPS) is 11.2. The molecule has 0 atom stereocenters. The molecular weight excluding hydrogens is 294 g/mol. The minimum Gasteiger partial charge on any atom is -0.496 e. The van der Waals surface area contributed by atoms with Crippen LogP contribution in [0, 0.1) is 0 Å². The molecule has 0 aliphatic heterocycles. The molecule has 22 heavy (non-hydrogen) atoms. The number of benzene rings is 2. The van der Waals surface area contributed by atoms with E-state index in [1.54, 1.807) is 25.6 Å². The molecular formula is C18H17NO2S. The van der Waals surface area contributed by atoms with Gasteiger partial charge in [0, 0.05) is 10.1 Å². The highest BCUT2D eigenvalue weighted by Crippen LogP contribution is 2.32. The fourth-order valence-corrected chi connectivity index (χ4v) is 3.22. The maximum absolute atomic E-state index is 5.93. The van der Waals surface area contributed by atoms with E-state index in [9.17, 15) is 0 Å². The second-order valence-corrected chi connectivity index (χ2v) is 5.84. The molecule has 0 saturated heterocycles. The third-order valence-electron chi connectivity index (χ3n) is 3.50. The number of nitrogens with two attached hydrogens (primary N) is 1. The average Bonchev–Trinajstić information content (AvgIpc) is 3.00. The van der Waals surface area contributed by atoms with Gasteiger partial charge in [-0.2, -0.15) is 0 Å². The average molecular weight is 311 g/mol. The minimum absolute atomic E-state index is 0.635. The molecule has 3 nitrogen and oxygen atoms in total. The van der Waals surface area contributed by atoms with E-state index in [2.05, 4.69) is 23.6 Å². The Kier molecular flexibility index (Phi) is 4.02. The number of ether oxygens (including phenoxy) is 2. The third kappa shape index (κ3) is 2.78. The Morgan fingerprint density at radius 1 is 0.909 bits per heavy atom. The molecule has 3 rings (SSSR count). The maximum atomic E-state index is 5.93. The molecule has 1 aromatic heterocycles. The van der Waals surface area contributed by atoms with Gasteiger partial charge in [-0.3, -0.25) is 0 Å². The van der Waals surface area contributed by atoms with Gasteiger partial charge in [-0.15, -0.1) is 11.3 Å². The first-order valence-electron chi connectivity index (χ1n) is 6.88. The van der Waals surface area contributed by atoms with E-state index < -0.39 is 0 Å². The number of anilines is 1. The molecule has 0 radical (unpaired) electrons. The number of rotatable bonds is 4. The van der Waals surface area contributed by atoms with Gasteiger partial charge in [-0.1, -0.05) is 18.2 Å². The topological polar surface area (TPSA) is 44.5 Å². The smallest absolute Gasteiger partial charge is 0.141 e. The summed E-state index contributed by atoms with van der Waals surface area (Å²) in [5.74, 6) is 1.59. The Morgan fingerprint density at radius 2 is 1.68 bits per heavy atom. The highest BCUT2D eigenvalue weighted by atomic mass is 32.1. The van der Waals surface area contributed by atoms with E-state index in [1.807, 2.05) is 30.3 Å². The Labute approximate surface area is 133 Å². The van der Waals surface area contributed by atoms with E-state index >= 15 is 0 Å². The Morgan fingerprint density at radius 3 is 2.41 bits per heavy atom. The van der Waals surface area contributed by atoms with Crippen molar-refractivity contribution in [3.63, 3.8) is 0 Å². The Bertz CT molecular complexity index is 836. The summed E-state index contributed by atoms with van der Waals surface area (Å²) in [6.45, 7) is 0. The number of hydrogen-bond donors (Lipinski definition) is 1. The summed E-state index contributed by atoms with van der Waals surface area (Å²) in [6, 6.07) is 12.0. The second kappa shape index (κ2) is 6.12. The molecule has 0 spiro atoms. The molecule has 3 aromatic rings. The summed E-state index contributed by atoms with van der Waals surface area (Å²) in [4.78, 5) is 0. The number of nitrogen functional groups attached to an aromatic ring is 1. The molecule has 2 aromatic carbocycles. The summed E-state index contributed by atoms with van der Waals surface area (Å²) in [7, 11) is 3.31. The molecule has 0 amide bonds. The van der Waals surface area contributed by atoms with Crippen molar-refractivity contribution in [1.82, 2.24) is 0 Å². The Balaban J connectivity index is 1.93. The van der Waals surface area contributed by atoms with Crippen molar-refractivity contribution in [2.45, 2.75) is 0 Å². The van der Waals surface area contributed by atoms with Crippen LogP contribution >= 0.6 is 11.3 Å². The lowest BCUT2D eigenvalue weighted by Gasteiger charge is -2.05. The molecule has 0 bridgehead atoms. The molecule has 0 saturated carbocycles. The van der Waals surface area contributed by atoms with Gasteiger partial charge in [-0.05, 0) is 46.8 Å². The van der Waals surface area contributed by atoms with Crippen molar-refractivity contribution in [2.75, 3.05) is 20.0 Å². The molecule has 0 fully saturated rings. The highest BCUT2D eigenvalue weighted by molar-refractivity contribution is 7.17. The van der Waals surface area contributed by atoms with Gasteiger partial charge < -0.3 is 15.2 Å². The first kappa shape index (κ1) is 14.5. The molecule has 0 unspecified atom stereocenters. The SMILES string of the molecule is COc1ccc(/C=C/c2cc(OC)c3ccsc3c2)cc1N. The van der Waals surface area contributed by atoms with Crippen LogP contribution in [0.2, 0.25) is 0 Å². The number of hydrogen-bond acceptors (Lipinski definition) is 4. The number of fused-ring (bicyclic) bond motifs is 1. The van der Waals surface area contributed by atoms with E-state index in [4.69, 9.17) is 15.2 Å². The van der Waals surface area contributed by atoms with Gasteiger partial charge in [0.15, 0.2) is 0 Å². The summed E-state index contributed by atoms with van der Waals surface area (Å²) < 4.78 is 11.8. The summed E-state index contributed by atoms with van der Waals surface area (Å²) in [5.41, 5.74) is 8.69. The fraction of sp³-hybridized carbons (Fsp3) is 0.111. The van der Waals surface area contributed by atoms with Crippen molar-refractivity contribution in [2.24, 2.45) is 0 Å². The first-order valence-corrected chi connectivity index (χ1v) is 7.76. The standard InChI is InChI=1S/C18H17NO2S/c1-20-16-6-5-12(9-15(16)19)3-4-13-10-17(21-2)14-7-8-22-18(14)11-13/h3-11H,19H2,1-2H3/b4-3+. The molecule has 112 valence electrons. The monoisotopic (exact) mass is 311 g/mol. The highest BCUT2D eigenvalue weighted by Gasteiger charge is 2.04. The molecule has 4 heteroatoms. The van der Waals surface area contributed by atoms with Crippen LogP contribution in [0.25, 0.3) is 22.2 Å². The van der Waals surface area contributed by atoms with E-state index in [-0.39, 0.29) is 0 Å². The van der Waals surface area contributed by atoms with Crippen LogP contribution < -0.4 is 15.2 Å². The zero-order chi connectivity index (χ0) is 15.5. The van der Waals surface area contributed by atoms with Crippen molar-refractivity contribution in [3.05, 3.63) is 52.9 Å². The van der Waals surface area contributed by atoms with E-state index in [0.29, 0.717) is 11.4 Å². The lowest BCUT2D eigenvalue weighted by Crippen LogP contribution is -1.92. The summed E-state index contributed by atoms with van der Waals surface area (Å²) in [6.07, 6.45) is 4.09. The van der Waals surface area contributed by atoms with Crippen molar-refractivity contribution in [1.29, 1.82) is 0 Å². The van der Waals surface area contributed by atoms with Gasteiger partial charge in [0.25, 0.3) is 0 Å². The quantitative estimate of drug-likeness (QED) is 0.562. The number of thiophene rings is 1. The van der Waals surface area contributed by atoms with Gasteiger partial charge in [0.1, 0.15) is 11.5 Å². The molecule has 0 aliphatic carbocycles. The fourth-order valence-electron chi connectivity index (χ4n) is 2.37. The zero-order valence-electron chi connectivity index (χ0n) is 12.5. The third-order valence-corrected chi connectivity index (χ3v) is 4.36. The lowest BCUT2D eigenvalue weighted by atomic mass is 10.1. The van der Waals surface area contributed by atoms with Crippen LogP contribution in [0.5, 0.6) is 11.5 Å². The van der Waals surface area contributed by atoms with Crippen molar-refractivity contribution < 1.29 is 9.47 Å². The van der Waals surface area contributed by atoms with Crippen LogP contribution in [0.15, 0.2) is 41.8 Å². The van der Waals surface area contributed by atoms with E-state index in [0.717, 1.165) is 22.3 Å². The summed E-state index contributed by atoms with van der Waals surface area (Å²) in [5, 5.41) is 3.23. The maximum Gasteiger partial charge on any atom is 0.141 e. The minimum atomic E-state index is 0.635. The van der Waals surface area contributed by atoms with Crippen LogP contribution in [0.3, 0.4) is 0 Å². The van der Waals surface area contributed by atoms with Crippen LogP contribution in [-0.4, -0.2) is 14.2 Å². The molecule has 0 aliphatic rings. The molecule has 1 heterocycles. The van der Waals surface area contributed by atoms with E-state index in [1.165, 1.54) is 4.70 Å².